The number of carbonyl (C=O) groups excluding carboxylic acids is 2. The summed E-state index contributed by atoms with van der Waals surface area (Å²) in [5.41, 5.74) is 1.30. The van der Waals surface area contributed by atoms with Crippen molar-refractivity contribution >= 4 is 31.0 Å². The maximum absolute atomic E-state index is 13.1. The fourth-order valence-corrected chi connectivity index (χ4v) is 3.98. The van der Waals surface area contributed by atoms with Crippen LogP contribution in [0.1, 0.15) is 17.0 Å². The second-order valence-electron chi connectivity index (χ2n) is 7.66. The molecule has 1 saturated heterocycles. The number of likely N-dealkylation sites (tertiary alicyclic amines) is 1. The summed E-state index contributed by atoms with van der Waals surface area (Å²) in [6, 6.07) is 23.9. The van der Waals surface area contributed by atoms with Crippen LogP contribution < -0.4 is 4.74 Å². The topological polar surface area (TPSA) is 150 Å². The van der Waals surface area contributed by atoms with Gasteiger partial charge in [-0.25, -0.2) is 9.56 Å². The zero-order valence-electron chi connectivity index (χ0n) is 18.7. The number of phosphoric acid groups is 1. The van der Waals surface area contributed by atoms with Crippen LogP contribution in [0.3, 0.4) is 0 Å². The van der Waals surface area contributed by atoms with Gasteiger partial charge < -0.3 is 14.5 Å². The molecular weight excluding hydrogens is 485 g/mol. The Bertz CT molecular complexity index is 1400. The first kappa shape index (κ1) is 25.0. The lowest BCUT2D eigenvalue weighted by Crippen LogP contribution is -2.34. The highest BCUT2D eigenvalue weighted by Gasteiger charge is 2.45. The van der Waals surface area contributed by atoms with Crippen LogP contribution in [0.5, 0.6) is 11.5 Å². The second-order valence-corrected chi connectivity index (χ2v) is 8.90. The van der Waals surface area contributed by atoms with Gasteiger partial charge in [-0.1, -0.05) is 42.5 Å². The Balaban J connectivity index is 1.60. The average molecular weight is 505 g/mol. The van der Waals surface area contributed by atoms with Crippen molar-refractivity contribution in [3.05, 3.63) is 90.0 Å². The monoisotopic (exact) mass is 505 g/mol. The van der Waals surface area contributed by atoms with E-state index in [0.717, 1.165) is 4.90 Å². The Hall–Kier alpha value is -4.13. The zero-order chi connectivity index (χ0) is 25.7. The highest BCUT2D eigenvalue weighted by atomic mass is 31.2. The van der Waals surface area contributed by atoms with E-state index in [1.165, 1.54) is 0 Å². The number of amides is 2. The molecule has 182 valence electrons. The third-order valence-electron chi connectivity index (χ3n) is 5.28. The van der Waals surface area contributed by atoms with Crippen molar-refractivity contribution < 1.29 is 33.2 Å². The van der Waals surface area contributed by atoms with Gasteiger partial charge in [-0.2, -0.15) is 5.26 Å². The largest absolute Gasteiger partial charge is 0.469 e. The molecule has 0 aliphatic carbocycles. The van der Waals surface area contributed by atoms with Gasteiger partial charge in [0.2, 0.25) is 5.91 Å². The van der Waals surface area contributed by atoms with Crippen molar-refractivity contribution in [2.45, 2.75) is 5.92 Å². The van der Waals surface area contributed by atoms with Crippen LogP contribution in [0.15, 0.2) is 83.9 Å². The van der Waals surface area contributed by atoms with E-state index in [4.69, 9.17) is 14.5 Å². The summed E-state index contributed by atoms with van der Waals surface area (Å²) in [5, 5.41) is 9.22. The predicted molar refractivity (Wildman–Crippen MR) is 129 cm³/mol. The number of nitrogens with zero attached hydrogens (tertiary/aromatic N) is 3. The van der Waals surface area contributed by atoms with E-state index in [-0.39, 0.29) is 12.3 Å². The van der Waals surface area contributed by atoms with Gasteiger partial charge in [-0.3, -0.25) is 19.0 Å². The van der Waals surface area contributed by atoms with Crippen LogP contribution in [-0.4, -0.2) is 45.4 Å². The lowest BCUT2D eigenvalue weighted by molar-refractivity contribution is -0.138. The van der Waals surface area contributed by atoms with Gasteiger partial charge in [0.05, 0.1) is 24.4 Å². The second kappa shape index (κ2) is 10.6. The number of rotatable bonds is 8. The Morgan fingerprint density at radius 3 is 2.31 bits per heavy atom. The summed E-state index contributed by atoms with van der Waals surface area (Å²) < 4.78 is 21.1. The van der Waals surface area contributed by atoms with Gasteiger partial charge in [-0.15, -0.1) is 0 Å². The van der Waals surface area contributed by atoms with Crippen LogP contribution in [0.4, 0.5) is 5.69 Å². The summed E-state index contributed by atoms with van der Waals surface area (Å²) in [5.74, 6) is -1.37. The van der Waals surface area contributed by atoms with Crippen molar-refractivity contribution in [3.63, 3.8) is 0 Å². The molecule has 2 amide bonds. The van der Waals surface area contributed by atoms with Crippen LogP contribution in [0.25, 0.3) is 0 Å². The molecule has 1 aliphatic heterocycles. The van der Waals surface area contributed by atoms with Gasteiger partial charge in [0.1, 0.15) is 29.2 Å². The van der Waals surface area contributed by atoms with Gasteiger partial charge in [0.25, 0.3) is 5.91 Å². The normalized spacial score (nSPS) is 16.9. The van der Waals surface area contributed by atoms with E-state index < -0.39 is 32.2 Å². The predicted octanol–water partition coefficient (Wildman–Crippen LogP) is 3.68. The molecule has 3 aromatic rings. The van der Waals surface area contributed by atoms with E-state index in [1.807, 2.05) is 0 Å². The molecule has 0 bridgehead atoms. The van der Waals surface area contributed by atoms with E-state index in [0.29, 0.717) is 28.3 Å². The quantitative estimate of drug-likeness (QED) is 0.348. The van der Waals surface area contributed by atoms with Gasteiger partial charge >= 0.3 is 7.82 Å². The SMILES string of the molecule is N#Cc1ccccc1Oc1ccc(N=C2C(=O)N(CCOP(=O)(O)O)C(=O)C2c2ccccc2)cc1. The fourth-order valence-electron chi connectivity index (χ4n) is 3.66. The van der Waals surface area contributed by atoms with Gasteiger partial charge in [0, 0.05) is 0 Å². The molecule has 36 heavy (non-hydrogen) atoms. The van der Waals surface area contributed by atoms with Crippen LogP contribution in [0.2, 0.25) is 0 Å². The Labute approximate surface area is 206 Å². The molecule has 1 heterocycles. The van der Waals surface area contributed by atoms with Crippen LogP contribution in [0, 0.1) is 11.3 Å². The van der Waals surface area contributed by atoms with Gasteiger partial charge in [0.15, 0.2) is 0 Å². The molecule has 0 saturated carbocycles. The number of ether oxygens (including phenoxy) is 1. The first-order valence-electron chi connectivity index (χ1n) is 10.7. The van der Waals surface area contributed by atoms with Crippen molar-refractivity contribution in [1.29, 1.82) is 5.26 Å². The van der Waals surface area contributed by atoms with E-state index >= 15 is 0 Å². The number of hydrogen-bond donors (Lipinski definition) is 2. The average Bonchev–Trinajstić information content (AvgIpc) is 3.09. The third-order valence-corrected chi connectivity index (χ3v) is 5.80. The number of benzene rings is 3. The van der Waals surface area contributed by atoms with Crippen molar-refractivity contribution in [1.82, 2.24) is 4.90 Å². The van der Waals surface area contributed by atoms with E-state index in [2.05, 4.69) is 15.6 Å². The number of aliphatic imine (C=N–C) groups is 1. The molecule has 3 aromatic carbocycles. The van der Waals surface area contributed by atoms with Crippen molar-refractivity contribution in [2.75, 3.05) is 13.2 Å². The summed E-state index contributed by atoms with van der Waals surface area (Å²) in [7, 11) is -4.75. The van der Waals surface area contributed by atoms with Gasteiger partial charge in [-0.05, 0) is 42.0 Å². The lowest BCUT2D eigenvalue weighted by atomic mass is 9.96. The summed E-state index contributed by atoms with van der Waals surface area (Å²) in [4.78, 5) is 49.3. The molecule has 2 N–H and O–H groups in total. The molecule has 1 aliphatic rings. The number of phosphoric ester groups is 1. The number of hydrogen-bond acceptors (Lipinski definition) is 7. The number of nitriles is 1. The number of carbonyl (C=O) groups is 2. The number of imide groups is 1. The third kappa shape index (κ3) is 5.74. The smallest absolute Gasteiger partial charge is 0.456 e. The summed E-state index contributed by atoms with van der Waals surface area (Å²) >= 11 is 0. The lowest BCUT2D eigenvalue weighted by Gasteiger charge is -2.14. The summed E-state index contributed by atoms with van der Waals surface area (Å²) in [6.07, 6.45) is 0. The Kier molecular flexibility index (Phi) is 7.38. The maximum Gasteiger partial charge on any atom is 0.469 e. The molecular formula is C25H20N3O7P. The van der Waals surface area contributed by atoms with Crippen molar-refractivity contribution in [3.8, 4) is 17.6 Å². The zero-order valence-corrected chi connectivity index (χ0v) is 19.6. The summed E-state index contributed by atoms with van der Waals surface area (Å²) in [6.45, 7) is -0.858. The molecule has 11 heteroatoms. The fraction of sp³-hybridized carbons (Fsp3) is 0.120. The minimum absolute atomic E-state index is 0.0223. The Morgan fingerprint density at radius 1 is 0.972 bits per heavy atom. The molecule has 10 nitrogen and oxygen atoms in total. The van der Waals surface area contributed by atoms with E-state index in [9.17, 15) is 19.4 Å². The molecule has 0 aromatic heterocycles. The minimum Gasteiger partial charge on any atom is -0.456 e. The van der Waals surface area contributed by atoms with Crippen LogP contribution >= 0.6 is 7.82 Å². The maximum atomic E-state index is 13.1. The molecule has 1 atom stereocenters. The van der Waals surface area contributed by atoms with E-state index in [1.54, 1.807) is 78.9 Å². The number of para-hydroxylation sites is 1. The molecule has 0 spiro atoms. The molecule has 4 rings (SSSR count). The highest BCUT2D eigenvalue weighted by molar-refractivity contribution is 7.46. The molecule has 1 fully saturated rings. The standard InChI is InChI=1S/C25H20N3O7P/c26-16-18-8-4-5-9-21(18)35-20-12-10-19(11-13-20)27-23-22(17-6-2-1-3-7-17)24(29)28(25(23)30)14-15-34-36(31,32)33/h1-13,22H,14-15H2,(H2,31,32,33). The first-order chi connectivity index (χ1) is 17.3. The first-order valence-corrected chi connectivity index (χ1v) is 12.3. The molecule has 1 unspecified atom stereocenters. The molecule has 0 radical (unpaired) electrons. The van der Waals surface area contributed by atoms with Crippen molar-refractivity contribution in [2.24, 2.45) is 4.99 Å². The minimum atomic E-state index is -4.75. The highest BCUT2D eigenvalue weighted by Crippen LogP contribution is 2.36. The van der Waals surface area contributed by atoms with Crippen LogP contribution in [-0.2, 0) is 18.7 Å². The Morgan fingerprint density at radius 2 is 1.64 bits per heavy atom.